The second-order valence-corrected chi connectivity index (χ2v) is 3.88. The summed E-state index contributed by atoms with van der Waals surface area (Å²) in [5.41, 5.74) is 6.70. The Hall–Kier alpha value is -2.69. The van der Waals surface area contributed by atoms with Crippen LogP contribution in [0.15, 0.2) is 71.0 Å². The molecule has 0 saturated heterocycles. The van der Waals surface area contributed by atoms with Gasteiger partial charge in [0.2, 0.25) is 5.91 Å². The molecule has 0 heterocycles. The molecule has 96 valence electrons. The minimum Gasteiger partial charge on any atom is -0.368 e. The summed E-state index contributed by atoms with van der Waals surface area (Å²) >= 11 is 0. The number of nitrogens with zero attached hydrogens (tertiary/aromatic N) is 3. The molecule has 0 spiro atoms. The number of para-hydroxylation sites is 1. The topological polar surface area (TPSA) is 71.1 Å². The summed E-state index contributed by atoms with van der Waals surface area (Å²) in [6.45, 7) is -0.0135. The van der Waals surface area contributed by atoms with E-state index in [4.69, 9.17) is 5.73 Å². The van der Waals surface area contributed by atoms with Gasteiger partial charge in [-0.1, -0.05) is 41.6 Å². The lowest BCUT2D eigenvalue weighted by molar-refractivity contribution is -0.116. The van der Waals surface area contributed by atoms with Crippen LogP contribution in [0.1, 0.15) is 0 Å². The third kappa shape index (κ3) is 3.92. The van der Waals surface area contributed by atoms with Gasteiger partial charge in [0, 0.05) is 0 Å². The van der Waals surface area contributed by atoms with Crippen molar-refractivity contribution in [3.8, 4) is 0 Å². The fraction of sp³-hybridized carbons (Fsp3) is 0.0714. The lowest BCUT2D eigenvalue weighted by atomic mass is 10.3. The molecule has 2 rings (SSSR count). The summed E-state index contributed by atoms with van der Waals surface area (Å²) < 4.78 is 0. The van der Waals surface area contributed by atoms with E-state index in [0.29, 0.717) is 5.69 Å². The van der Waals surface area contributed by atoms with Crippen LogP contribution in [-0.2, 0) is 4.79 Å². The third-order valence-corrected chi connectivity index (χ3v) is 2.38. The Balaban J connectivity index is 2.19. The zero-order valence-corrected chi connectivity index (χ0v) is 10.3. The number of carbonyl (C=O) groups is 1. The largest absolute Gasteiger partial charge is 0.368 e. The summed E-state index contributed by atoms with van der Waals surface area (Å²) in [6.07, 6.45) is 0. The van der Waals surface area contributed by atoms with E-state index in [1.807, 2.05) is 60.7 Å². The van der Waals surface area contributed by atoms with Crippen molar-refractivity contribution in [2.24, 2.45) is 16.1 Å². The Kier molecular flexibility index (Phi) is 4.23. The van der Waals surface area contributed by atoms with Gasteiger partial charge in [-0.2, -0.15) is 0 Å². The third-order valence-electron chi connectivity index (χ3n) is 2.38. The molecule has 0 aliphatic heterocycles. The zero-order valence-electron chi connectivity index (χ0n) is 10.3. The summed E-state index contributed by atoms with van der Waals surface area (Å²) in [5.74, 6) is -0.462. The van der Waals surface area contributed by atoms with Gasteiger partial charge in [-0.05, 0) is 24.3 Å². The van der Waals surface area contributed by atoms with Crippen molar-refractivity contribution in [3.63, 3.8) is 0 Å². The highest BCUT2D eigenvalue weighted by Crippen LogP contribution is 2.16. The van der Waals surface area contributed by atoms with Crippen LogP contribution in [0.25, 0.3) is 0 Å². The van der Waals surface area contributed by atoms with Crippen molar-refractivity contribution in [1.29, 1.82) is 0 Å². The SMILES string of the molecule is NC(=O)CN(N=Nc1ccccc1)c1ccccc1. The zero-order chi connectivity index (χ0) is 13.5. The second kappa shape index (κ2) is 6.30. The number of benzene rings is 2. The Bertz CT molecular complexity index is 554. The van der Waals surface area contributed by atoms with Gasteiger partial charge >= 0.3 is 0 Å². The maximum Gasteiger partial charge on any atom is 0.239 e. The van der Waals surface area contributed by atoms with Gasteiger partial charge < -0.3 is 5.73 Å². The number of hydrogen-bond donors (Lipinski definition) is 1. The molecule has 19 heavy (non-hydrogen) atoms. The van der Waals surface area contributed by atoms with Crippen LogP contribution < -0.4 is 10.7 Å². The van der Waals surface area contributed by atoms with Crippen LogP contribution in [0.4, 0.5) is 11.4 Å². The van der Waals surface area contributed by atoms with Gasteiger partial charge in [-0.3, -0.25) is 4.79 Å². The smallest absolute Gasteiger partial charge is 0.239 e. The van der Waals surface area contributed by atoms with Crippen LogP contribution in [0.2, 0.25) is 0 Å². The molecule has 2 aromatic rings. The fourth-order valence-electron chi connectivity index (χ4n) is 1.52. The summed E-state index contributed by atoms with van der Waals surface area (Å²) in [7, 11) is 0. The van der Waals surface area contributed by atoms with E-state index >= 15 is 0 Å². The maximum absolute atomic E-state index is 11.1. The van der Waals surface area contributed by atoms with E-state index in [1.54, 1.807) is 0 Å². The fourth-order valence-corrected chi connectivity index (χ4v) is 1.52. The van der Waals surface area contributed by atoms with Crippen LogP contribution in [0.3, 0.4) is 0 Å². The molecule has 2 aromatic carbocycles. The Morgan fingerprint density at radius 2 is 1.58 bits per heavy atom. The second-order valence-electron chi connectivity index (χ2n) is 3.88. The monoisotopic (exact) mass is 254 g/mol. The predicted octanol–water partition coefficient (Wildman–Crippen LogP) is 2.68. The average Bonchev–Trinajstić information content (AvgIpc) is 2.45. The van der Waals surface area contributed by atoms with Crippen molar-refractivity contribution >= 4 is 17.3 Å². The minimum absolute atomic E-state index is 0.0135. The first-order valence-corrected chi connectivity index (χ1v) is 5.83. The van der Waals surface area contributed by atoms with Gasteiger partial charge in [-0.15, -0.1) is 5.11 Å². The van der Waals surface area contributed by atoms with Crippen molar-refractivity contribution in [2.75, 3.05) is 11.6 Å². The van der Waals surface area contributed by atoms with E-state index in [0.717, 1.165) is 5.69 Å². The maximum atomic E-state index is 11.1. The van der Waals surface area contributed by atoms with Crippen molar-refractivity contribution in [2.45, 2.75) is 0 Å². The molecule has 5 heteroatoms. The lowest BCUT2D eigenvalue weighted by Crippen LogP contribution is -2.29. The molecule has 0 radical (unpaired) electrons. The number of amides is 1. The first-order chi connectivity index (χ1) is 9.25. The first kappa shape index (κ1) is 12.8. The van der Waals surface area contributed by atoms with Crippen LogP contribution >= 0.6 is 0 Å². The number of rotatable bonds is 5. The molecule has 0 atom stereocenters. The van der Waals surface area contributed by atoms with Crippen molar-refractivity contribution < 1.29 is 4.79 Å². The van der Waals surface area contributed by atoms with E-state index in [-0.39, 0.29) is 6.54 Å². The number of primary amides is 1. The molecule has 0 aliphatic rings. The van der Waals surface area contributed by atoms with Crippen LogP contribution in [-0.4, -0.2) is 12.5 Å². The quantitative estimate of drug-likeness (QED) is 0.658. The average molecular weight is 254 g/mol. The highest BCUT2D eigenvalue weighted by atomic mass is 16.1. The standard InChI is InChI=1S/C14H14N4O/c15-14(19)11-18(13-9-5-2-6-10-13)17-16-12-7-3-1-4-8-12/h1-10H,11H2,(H2,15,19). The number of carbonyl (C=O) groups excluding carboxylic acids is 1. The summed E-state index contributed by atoms with van der Waals surface area (Å²) in [4.78, 5) is 11.1. The Morgan fingerprint density at radius 1 is 1.00 bits per heavy atom. The summed E-state index contributed by atoms with van der Waals surface area (Å²) in [5, 5.41) is 9.61. The van der Waals surface area contributed by atoms with Gasteiger partial charge in [0.25, 0.3) is 0 Å². The number of anilines is 1. The highest BCUT2D eigenvalue weighted by Gasteiger charge is 2.07. The molecular formula is C14H14N4O. The molecule has 2 N–H and O–H groups in total. The molecule has 0 aromatic heterocycles. The molecule has 0 aliphatic carbocycles. The molecule has 0 unspecified atom stereocenters. The molecule has 0 fully saturated rings. The van der Waals surface area contributed by atoms with E-state index in [1.165, 1.54) is 5.01 Å². The van der Waals surface area contributed by atoms with Crippen LogP contribution in [0.5, 0.6) is 0 Å². The van der Waals surface area contributed by atoms with Gasteiger partial charge in [-0.25, -0.2) is 5.01 Å². The highest BCUT2D eigenvalue weighted by molar-refractivity contribution is 5.79. The van der Waals surface area contributed by atoms with Crippen molar-refractivity contribution in [3.05, 3.63) is 60.7 Å². The summed E-state index contributed by atoms with van der Waals surface area (Å²) in [6, 6.07) is 18.6. The first-order valence-electron chi connectivity index (χ1n) is 5.83. The molecule has 5 nitrogen and oxygen atoms in total. The van der Waals surface area contributed by atoms with Crippen LogP contribution in [0, 0.1) is 0 Å². The van der Waals surface area contributed by atoms with Gasteiger partial charge in [0.05, 0.1) is 11.4 Å². The Labute approximate surface area is 111 Å². The minimum atomic E-state index is -0.462. The molecular weight excluding hydrogens is 240 g/mol. The van der Waals surface area contributed by atoms with Gasteiger partial charge in [0.1, 0.15) is 6.54 Å². The lowest BCUT2D eigenvalue weighted by Gasteiger charge is -2.15. The number of nitrogens with two attached hydrogens (primary N) is 1. The predicted molar refractivity (Wildman–Crippen MR) is 73.9 cm³/mol. The molecule has 0 bridgehead atoms. The Morgan fingerprint density at radius 3 is 2.16 bits per heavy atom. The van der Waals surface area contributed by atoms with E-state index < -0.39 is 5.91 Å². The number of hydrogen-bond acceptors (Lipinski definition) is 3. The molecule has 0 saturated carbocycles. The normalized spacial score (nSPS) is 10.5. The van der Waals surface area contributed by atoms with Crippen molar-refractivity contribution in [1.82, 2.24) is 0 Å². The van der Waals surface area contributed by atoms with E-state index in [9.17, 15) is 4.79 Å². The molecule has 1 amide bonds. The van der Waals surface area contributed by atoms with E-state index in [2.05, 4.69) is 10.3 Å². The van der Waals surface area contributed by atoms with Gasteiger partial charge in [0.15, 0.2) is 0 Å².